The summed E-state index contributed by atoms with van der Waals surface area (Å²) in [6.07, 6.45) is 0.696. The number of aromatic nitrogens is 1. The van der Waals surface area contributed by atoms with Crippen molar-refractivity contribution in [2.45, 2.75) is 27.2 Å². The highest BCUT2D eigenvalue weighted by Gasteiger charge is 2.13. The number of hydrogen-bond acceptors (Lipinski definition) is 2. The molecule has 0 aliphatic rings. The molecule has 0 saturated heterocycles. The molecule has 1 heterocycles. The topological polar surface area (TPSA) is 42.2 Å². The van der Waals surface area contributed by atoms with Gasteiger partial charge in [0.05, 0.1) is 5.69 Å². The lowest BCUT2D eigenvalue weighted by molar-refractivity contribution is 0.167. The Hall–Kier alpha value is -0.960. The van der Waals surface area contributed by atoms with Gasteiger partial charge >= 0.3 is 5.56 Å². The van der Waals surface area contributed by atoms with Crippen molar-refractivity contribution in [2.24, 2.45) is 0 Å². The zero-order valence-corrected chi connectivity index (χ0v) is 8.64. The lowest BCUT2D eigenvalue weighted by Crippen LogP contribution is -2.23. The molecule has 3 nitrogen and oxygen atoms in total. The van der Waals surface area contributed by atoms with E-state index in [-0.39, 0.29) is 5.02 Å². The highest BCUT2D eigenvalue weighted by atomic mass is 35.5. The minimum absolute atomic E-state index is 0.119. The van der Waals surface area contributed by atoms with Gasteiger partial charge in [0.1, 0.15) is 5.02 Å². The molecule has 4 heteroatoms. The lowest BCUT2D eigenvalue weighted by atomic mass is 10.1. The molecule has 0 unspecified atom stereocenters. The third-order valence-electron chi connectivity index (χ3n) is 2.31. The molecule has 0 saturated carbocycles. The summed E-state index contributed by atoms with van der Waals surface area (Å²) in [7, 11) is 0. The SMILES string of the molecule is CCc1c(C)c(C)n(O)c(=O)c1Cl. The van der Waals surface area contributed by atoms with Gasteiger partial charge in [-0.2, -0.15) is 4.73 Å². The Kier molecular flexibility index (Phi) is 2.66. The molecule has 0 fully saturated rings. The maximum absolute atomic E-state index is 11.3. The molecule has 0 atom stereocenters. The van der Waals surface area contributed by atoms with Crippen molar-refractivity contribution in [1.82, 2.24) is 4.73 Å². The second-order valence-corrected chi connectivity index (χ2v) is 3.35. The van der Waals surface area contributed by atoms with Crippen LogP contribution in [0.1, 0.15) is 23.7 Å². The van der Waals surface area contributed by atoms with Crippen LogP contribution in [0.5, 0.6) is 0 Å². The number of rotatable bonds is 1. The fourth-order valence-corrected chi connectivity index (χ4v) is 1.69. The lowest BCUT2D eigenvalue weighted by Gasteiger charge is -2.11. The van der Waals surface area contributed by atoms with Gasteiger partial charge in [-0.05, 0) is 31.4 Å². The summed E-state index contributed by atoms with van der Waals surface area (Å²) in [6.45, 7) is 5.45. The van der Waals surface area contributed by atoms with Crippen LogP contribution in [0, 0.1) is 13.8 Å². The second kappa shape index (κ2) is 3.42. The summed E-state index contributed by atoms with van der Waals surface area (Å²) in [5.74, 6) is 0. The van der Waals surface area contributed by atoms with Crippen LogP contribution in [0.25, 0.3) is 0 Å². The first-order valence-electron chi connectivity index (χ1n) is 4.10. The predicted octanol–water partition coefficient (Wildman–Crippen LogP) is 1.92. The van der Waals surface area contributed by atoms with E-state index in [1.165, 1.54) is 0 Å². The standard InChI is InChI=1S/C9H12ClNO2/c1-4-7-5(2)6(3)11(13)9(12)8(7)10/h13H,4H2,1-3H3. The van der Waals surface area contributed by atoms with Crippen LogP contribution >= 0.6 is 11.6 Å². The van der Waals surface area contributed by atoms with Gasteiger partial charge in [-0.1, -0.05) is 18.5 Å². The summed E-state index contributed by atoms with van der Waals surface area (Å²) >= 11 is 5.78. The Labute approximate surface area is 81.5 Å². The van der Waals surface area contributed by atoms with E-state index in [4.69, 9.17) is 11.6 Å². The molecule has 0 aliphatic heterocycles. The molecule has 72 valence electrons. The molecule has 1 rings (SSSR count). The van der Waals surface area contributed by atoms with Crippen molar-refractivity contribution in [3.05, 3.63) is 32.2 Å². The number of halogens is 1. The molecular formula is C9H12ClNO2. The highest BCUT2D eigenvalue weighted by Crippen LogP contribution is 2.18. The summed E-state index contributed by atoms with van der Waals surface area (Å²) in [5.41, 5.74) is 1.69. The summed E-state index contributed by atoms with van der Waals surface area (Å²) < 4.78 is 0.594. The van der Waals surface area contributed by atoms with Gasteiger partial charge in [0.15, 0.2) is 0 Å². The van der Waals surface area contributed by atoms with Crippen molar-refractivity contribution >= 4 is 11.6 Å². The quantitative estimate of drug-likeness (QED) is 0.706. The Balaban J connectivity index is 3.67. The number of pyridine rings is 1. The van der Waals surface area contributed by atoms with E-state index < -0.39 is 5.56 Å². The van der Waals surface area contributed by atoms with Crippen molar-refractivity contribution in [3.63, 3.8) is 0 Å². The molecule has 0 bridgehead atoms. The maximum atomic E-state index is 11.3. The normalized spacial score (nSPS) is 10.5. The van der Waals surface area contributed by atoms with Crippen molar-refractivity contribution < 1.29 is 5.21 Å². The maximum Gasteiger partial charge on any atom is 0.302 e. The van der Waals surface area contributed by atoms with Gasteiger partial charge in [-0.25, -0.2) is 0 Å². The Bertz CT molecular complexity index is 396. The highest BCUT2D eigenvalue weighted by molar-refractivity contribution is 6.31. The van der Waals surface area contributed by atoms with E-state index in [0.29, 0.717) is 16.8 Å². The monoisotopic (exact) mass is 201 g/mol. The van der Waals surface area contributed by atoms with Gasteiger partial charge in [0, 0.05) is 0 Å². The summed E-state index contributed by atoms with van der Waals surface area (Å²) in [4.78, 5) is 11.3. The molecule has 1 N–H and O–H groups in total. The van der Waals surface area contributed by atoms with Crippen LogP contribution in [0.2, 0.25) is 5.02 Å². The first kappa shape index (κ1) is 10.1. The number of nitrogens with zero attached hydrogens (tertiary/aromatic N) is 1. The Morgan fingerprint density at radius 2 is 2.00 bits per heavy atom. The van der Waals surface area contributed by atoms with Crippen LogP contribution in [0.4, 0.5) is 0 Å². The molecule has 0 aromatic carbocycles. The second-order valence-electron chi connectivity index (χ2n) is 2.97. The third-order valence-corrected chi connectivity index (χ3v) is 2.70. The van der Waals surface area contributed by atoms with Gasteiger partial charge in [0.25, 0.3) is 0 Å². The van der Waals surface area contributed by atoms with E-state index in [9.17, 15) is 10.0 Å². The minimum atomic E-state index is -0.540. The average Bonchev–Trinajstić information content (AvgIpc) is 2.13. The Morgan fingerprint density at radius 1 is 1.46 bits per heavy atom. The number of hydrogen-bond donors (Lipinski definition) is 1. The van der Waals surface area contributed by atoms with Crippen LogP contribution in [0.3, 0.4) is 0 Å². The zero-order valence-electron chi connectivity index (χ0n) is 7.89. The molecular weight excluding hydrogens is 190 g/mol. The zero-order chi connectivity index (χ0) is 10.2. The summed E-state index contributed by atoms with van der Waals surface area (Å²) in [6, 6.07) is 0. The van der Waals surface area contributed by atoms with Crippen LogP contribution in [-0.2, 0) is 6.42 Å². The molecule has 0 radical (unpaired) electrons. The first-order chi connectivity index (χ1) is 6.00. The first-order valence-corrected chi connectivity index (χ1v) is 4.48. The average molecular weight is 202 g/mol. The van der Waals surface area contributed by atoms with E-state index in [1.54, 1.807) is 6.92 Å². The minimum Gasteiger partial charge on any atom is -0.425 e. The molecule has 1 aromatic rings. The smallest absolute Gasteiger partial charge is 0.302 e. The fourth-order valence-electron chi connectivity index (χ4n) is 1.34. The van der Waals surface area contributed by atoms with E-state index in [1.807, 2.05) is 13.8 Å². The predicted molar refractivity (Wildman–Crippen MR) is 51.7 cm³/mol. The molecule has 1 aromatic heterocycles. The van der Waals surface area contributed by atoms with Gasteiger partial charge in [0.2, 0.25) is 0 Å². The third kappa shape index (κ3) is 1.44. The molecule has 0 amide bonds. The Morgan fingerprint density at radius 3 is 2.46 bits per heavy atom. The molecule has 0 spiro atoms. The van der Waals surface area contributed by atoms with E-state index >= 15 is 0 Å². The summed E-state index contributed by atoms with van der Waals surface area (Å²) in [5, 5.41) is 9.43. The van der Waals surface area contributed by atoms with Gasteiger partial charge in [-0.15, -0.1) is 0 Å². The van der Waals surface area contributed by atoms with Crippen LogP contribution in [-0.4, -0.2) is 9.94 Å². The van der Waals surface area contributed by atoms with E-state index in [2.05, 4.69) is 0 Å². The van der Waals surface area contributed by atoms with Crippen molar-refractivity contribution in [2.75, 3.05) is 0 Å². The largest absolute Gasteiger partial charge is 0.425 e. The van der Waals surface area contributed by atoms with Crippen LogP contribution < -0.4 is 5.56 Å². The van der Waals surface area contributed by atoms with Crippen molar-refractivity contribution in [3.8, 4) is 0 Å². The molecule has 13 heavy (non-hydrogen) atoms. The fraction of sp³-hybridized carbons (Fsp3) is 0.444. The molecule has 0 aliphatic carbocycles. The van der Waals surface area contributed by atoms with Gasteiger partial charge in [-0.3, -0.25) is 4.79 Å². The van der Waals surface area contributed by atoms with Crippen molar-refractivity contribution in [1.29, 1.82) is 0 Å². The van der Waals surface area contributed by atoms with E-state index in [0.717, 1.165) is 11.1 Å². The van der Waals surface area contributed by atoms with Gasteiger partial charge < -0.3 is 5.21 Å². The van der Waals surface area contributed by atoms with Crippen LogP contribution in [0.15, 0.2) is 4.79 Å².